The number of aldehydes is 2. The Hall–Kier alpha value is -1.94. The molecule has 0 aliphatic rings. The lowest BCUT2D eigenvalue weighted by atomic mass is 10.4. The first-order valence-electron chi connectivity index (χ1n) is 7.51. The molecule has 4 unspecified atom stereocenters. The van der Waals surface area contributed by atoms with Gasteiger partial charge in [0.2, 0.25) is 0 Å². The van der Waals surface area contributed by atoms with E-state index in [1.54, 1.807) is 0 Å². The minimum Gasteiger partial charge on any atom is -0.338 e. The molecular formula is C10H13N4O14P3. The summed E-state index contributed by atoms with van der Waals surface area (Å²) in [5.41, 5.74) is -0.889. The van der Waals surface area contributed by atoms with E-state index in [2.05, 4.69) is 28.1 Å². The van der Waals surface area contributed by atoms with E-state index in [0.29, 0.717) is 0 Å². The molecule has 0 aliphatic heterocycles. The molecule has 2 rings (SSSR count). The summed E-state index contributed by atoms with van der Waals surface area (Å²) in [7, 11) is -16.8. The number of nitrogens with one attached hydrogen (secondary N) is 1. The predicted octanol–water partition coefficient (Wildman–Crippen LogP) is -1.26. The quantitative estimate of drug-likeness (QED) is 0.166. The van der Waals surface area contributed by atoms with Crippen LogP contribution in [0.2, 0.25) is 0 Å². The molecule has 2 aromatic rings. The number of carbonyl (C=O) groups is 2. The van der Waals surface area contributed by atoms with Crippen LogP contribution in [-0.4, -0.2) is 64.4 Å². The highest BCUT2D eigenvalue weighted by molar-refractivity contribution is 7.66. The Morgan fingerprint density at radius 3 is 2.32 bits per heavy atom. The molecule has 0 radical (unpaired) electrons. The van der Waals surface area contributed by atoms with Crippen LogP contribution < -0.4 is 5.56 Å². The van der Waals surface area contributed by atoms with Gasteiger partial charge in [0, 0.05) is 0 Å². The lowest BCUT2D eigenvalue weighted by Crippen LogP contribution is -2.27. The summed E-state index contributed by atoms with van der Waals surface area (Å²) in [4.78, 5) is 79.3. The number of hydrogen-bond acceptors (Lipinski definition) is 12. The first-order valence-corrected chi connectivity index (χ1v) is 12.0. The van der Waals surface area contributed by atoms with E-state index < -0.39 is 48.0 Å². The first-order chi connectivity index (χ1) is 14.3. The number of aromatic amines is 1. The topological polar surface area (TPSA) is 267 Å². The van der Waals surface area contributed by atoms with Crippen molar-refractivity contribution in [2.75, 3.05) is 6.61 Å². The van der Waals surface area contributed by atoms with Crippen LogP contribution in [0.1, 0.15) is 6.23 Å². The van der Waals surface area contributed by atoms with Gasteiger partial charge in [0.25, 0.3) is 5.56 Å². The van der Waals surface area contributed by atoms with Crippen LogP contribution in [0, 0.1) is 0 Å². The van der Waals surface area contributed by atoms with Gasteiger partial charge in [-0.1, -0.05) is 0 Å². The van der Waals surface area contributed by atoms with Crippen LogP contribution in [0.25, 0.3) is 11.2 Å². The van der Waals surface area contributed by atoms with Crippen molar-refractivity contribution in [1.29, 1.82) is 0 Å². The fraction of sp³-hybridized carbons (Fsp3) is 0.300. The second kappa shape index (κ2) is 9.68. The Morgan fingerprint density at radius 1 is 1.06 bits per heavy atom. The molecule has 21 heteroatoms. The third-order valence-electron chi connectivity index (χ3n) is 3.04. The Balaban J connectivity index is 2.09. The normalized spacial score (nSPS) is 18.1. The molecular weight excluding hydrogens is 493 g/mol. The number of H-pyrrole nitrogens is 1. The highest BCUT2D eigenvalue weighted by atomic mass is 31.3. The van der Waals surface area contributed by atoms with Gasteiger partial charge in [-0.05, 0) is 0 Å². The van der Waals surface area contributed by atoms with Gasteiger partial charge < -0.3 is 34.1 Å². The molecule has 0 spiro atoms. The van der Waals surface area contributed by atoms with Crippen molar-refractivity contribution >= 4 is 47.2 Å². The molecule has 0 saturated heterocycles. The number of phosphoric ester groups is 1. The molecule has 31 heavy (non-hydrogen) atoms. The lowest BCUT2D eigenvalue weighted by Gasteiger charge is -2.20. The molecule has 18 nitrogen and oxygen atoms in total. The second-order valence-electron chi connectivity index (χ2n) is 5.28. The molecule has 0 saturated carbocycles. The molecule has 0 fully saturated rings. The SMILES string of the molecule is O=CC(COP(=O)(O)OP(=O)(O)OP(=O)(O)O)OC(C=O)n1cnc2c(=O)[nH]cnc21. The van der Waals surface area contributed by atoms with Gasteiger partial charge in [-0.2, -0.15) is 8.62 Å². The number of ether oxygens (including phenoxy) is 1. The van der Waals surface area contributed by atoms with Gasteiger partial charge in [-0.25, -0.2) is 23.7 Å². The maximum Gasteiger partial charge on any atom is 0.490 e. The van der Waals surface area contributed by atoms with E-state index in [1.165, 1.54) is 0 Å². The van der Waals surface area contributed by atoms with Gasteiger partial charge in [-0.3, -0.25) is 18.7 Å². The maximum absolute atomic E-state index is 11.7. The van der Waals surface area contributed by atoms with Crippen molar-refractivity contribution in [3.8, 4) is 0 Å². The van der Waals surface area contributed by atoms with Gasteiger partial charge in [0.1, 0.15) is 6.10 Å². The van der Waals surface area contributed by atoms with Crippen LogP contribution in [0.15, 0.2) is 17.4 Å². The van der Waals surface area contributed by atoms with Gasteiger partial charge >= 0.3 is 23.5 Å². The number of carbonyl (C=O) groups excluding carboxylic acids is 2. The summed E-state index contributed by atoms with van der Waals surface area (Å²) < 4.78 is 50.8. The van der Waals surface area contributed by atoms with Crippen molar-refractivity contribution in [1.82, 2.24) is 19.5 Å². The zero-order valence-electron chi connectivity index (χ0n) is 14.7. The fourth-order valence-corrected chi connectivity index (χ4v) is 5.00. The van der Waals surface area contributed by atoms with Crippen molar-refractivity contribution in [2.24, 2.45) is 0 Å². The van der Waals surface area contributed by atoms with E-state index in [1.807, 2.05) is 0 Å². The summed E-state index contributed by atoms with van der Waals surface area (Å²) in [6.07, 6.45) is -1.15. The smallest absolute Gasteiger partial charge is 0.338 e. The predicted molar refractivity (Wildman–Crippen MR) is 94.0 cm³/mol. The Labute approximate surface area is 170 Å². The minimum atomic E-state index is -5.75. The fourth-order valence-electron chi connectivity index (χ4n) is 1.97. The van der Waals surface area contributed by atoms with Crippen LogP contribution in [-0.2, 0) is 41.2 Å². The summed E-state index contributed by atoms with van der Waals surface area (Å²) in [5, 5.41) is 0. The summed E-state index contributed by atoms with van der Waals surface area (Å²) in [6.45, 7) is -1.13. The lowest BCUT2D eigenvalue weighted by molar-refractivity contribution is -0.139. The van der Waals surface area contributed by atoms with E-state index in [0.717, 1.165) is 17.2 Å². The molecule has 2 aromatic heterocycles. The zero-order chi connectivity index (χ0) is 23.4. The van der Waals surface area contributed by atoms with Gasteiger partial charge in [-0.15, -0.1) is 0 Å². The number of imidazole rings is 1. The second-order valence-corrected chi connectivity index (χ2v) is 9.70. The van der Waals surface area contributed by atoms with Gasteiger partial charge in [0.15, 0.2) is 30.0 Å². The highest BCUT2D eigenvalue weighted by Crippen LogP contribution is 2.66. The molecule has 172 valence electrons. The Morgan fingerprint density at radius 2 is 1.74 bits per heavy atom. The van der Waals surface area contributed by atoms with Crippen LogP contribution >= 0.6 is 23.5 Å². The summed E-state index contributed by atoms with van der Waals surface area (Å²) in [5.74, 6) is 0. The van der Waals surface area contributed by atoms with Crippen molar-refractivity contribution in [2.45, 2.75) is 12.3 Å². The number of fused-ring (bicyclic) bond motifs is 1. The zero-order valence-corrected chi connectivity index (χ0v) is 17.4. The average Bonchev–Trinajstić information content (AvgIpc) is 3.04. The summed E-state index contributed by atoms with van der Waals surface area (Å²) >= 11 is 0. The number of rotatable bonds is 12. The summed E-state index contributed by atoms with van der Waals surface area (Å²) in [6, 6.07) is 0. The average molecular weight is 506 g/mol. The molecule has 0 amide bonds. The number of aromatic nitrogens is 4. The Bertz CT molecular complexity index is 1150. The highest BCUT2D eigenvalue weighted by Gasteiger charge is 2.41. The van der Waals surface area contributed by atoms with Crippen LogP contribution in [0.4, 0.5) is 0 Å². The largest absolute Gasteiger partial charge is 0.490 e. The van der Waals surface area contributed by atoms with Crippen molar-refractivity contribution in [3.63, 3.8) is 0 Å². The third kappa shape index (κ3) is 7.31. The van der Waals surface area contributed by atoms with Gasteiger partial charge in [0.05, 0.1) is 19.3 Å². The molecule has 5 N–H and O–H groups in total. The van der Waals surface area contributed by atoms with E-state index in [4.69, 9.17) is 19.4 Å². The van der Waals surface area contributed by atoms with Crippen molar-refractivity contribution < 1.29 is 60.7 Å². The van der Waals surface area contributed by atoms with E-state index in [-0.39, 0.29) is 23.7 Å². The van der Waals surface area contributed by atoms with E-state index >= 15 is 0 Å². The number of phosphoric acid groups is 3. The minimum absolute atomic E-state index is 0.0283. The third-order valence-corrected chi connectivity index (χ3v) is 6.84. The van der Waals surface area contributed by atoms with Crippen molar-refractivity contribution in [3.05, 3.63) is 23.0 Å². The van der Waals surface area contributed by atoms with Crippen LogP contribution in [0.5, 0.6) is 0 Å². The molecule has 0 aliphatic carbocycles. The maximum atomic E-state index is 11.7. The molecule has 2 heterocycles. The molecule has 4 atom stereocenters. The Kier molecular flexibility index (Phi) is 7.91. The molecule has 0 aromatic carbocycles. The molecule has 0 bridgehead atoms. The number of nitrogens with zero attached hydrogens (tertiary/aromatic N) is 3. The van der Waals surface area contributed by atoms with Crippen LogP contribution in [0.3, 0.4) is 0 Å². The first kappa shape index (κ1) is 25.3. The standard InChI is InChI=1S/C10H13N4O14P3/c15-1-6(3-25-30(21,22)28-31(23,24)27-29(18,19)20)26-7(2-16)14-5-13-8-9(14)11-4-12-10(8)17/h1-2,4-7H,3H2,(H,21,22)(H,23,24)(H,11,12,17)(H2,18,19,20). The number of hydrogen-bond donors (Lipinski definition) is 5. The monoisotopic (exact) mass is 506 g/mol. The van der Waals surface area contributed by atoms with E-state index in [9.17, 15) is 33.0 Å².